The molecule has 95 heavy (non-hydrogen) atoms. The summed E-state index contributed by atoms with van der Waals surface area (Å²) in [5.74, 6) is -11.5. The topological polar surface area (TPSA) is 456 Å². The third-order valence-corrected chi connectivity index (χ3v) is 27.4. The van der Waals surface area contributed by atoms with E-state index in [9.17, 15) is 93.6 Å². The average molecular weight is 2470 g/mol. The Morgan fingerprint density at radius 1 is 0.368 bits per heavy atom. The minimum absolute atomic E-state index is 0.0106. The SMILES string of the molecule is CCC(C)(C)OC(=O)Nc1ccc(OC(=O)CS(=O)(=O)[O-])c(Br)c1.O=C(CS(=O)(=O)[O-])Oc1c(Br)c(Br)c(Br)c(Br)c1Br.O=C(CS(=O)(=O)[O-])Oc1c(Br)cc(Br)cc1Br.O=C(CS(=O)(=O)[O-])Oc1cc(Br)c(Br)c(Br)c1Br.O=C(CS(=O)(=O)[O-])Oc1cc(Br)cc(Br)c1Br. The summed E-state index contributed by atoms with van der Waals surface area (Å²) in [6, 6.07) is 12.0. The molecule has 0 aromatic heterocycles. The van der Waals surface area contributed by atoms with Crippen LogP contribution in [-0.2, 0) is 79.3 Å². The van der Waals surface area contributed by atoms with Crippen LogP contribution in [0.4, 0.5) is 10.5 Å². The number of benzene rings is 5. The van der Waals surface area contributed by atoms with Crippen molar-refractivity contribution in [3.05, 3.63) is 120 Å². The molecular weight excluding hydrogens is 2440 g/mol. The van der Waals surface area contributed by atoms with Gasteiger partial charge < -0.3 is 51.2 Å². The summed E-state index contributed by atoms with van der Waals surface area (Å²) in [7, 11) is -23.3. The van der Waals surface area contributed by atoms with Crippen LogP contribution >= 0.6 is 255 Å². The van der Waals surface area contributed by atoms with E-state index in [0.717, 1.165) is 4.47 Å². The highest BCUT2D eigenvalue weighted by atomic mass is 79.9. The molecular formula is C46H30Br16NO27S5-5. The highest BCUT2D eigenvalue weighted by Gasteiger charge is 2.24. The molecule has 0 aliphatic heterocycles. The number of ether oxygens (including phenoxy) is 6. The molecule has 0 saturated carbocycles. The predicted octanol–water partition coefficient (Wildman–Crippen LogP) is 14.6. The van der Waals surface area contributed by atoms with Gasteiger partial charge in [0.25, 0.3) is 0 Å². The van der Waals surface area contributed by atoms with Crippen LogP contribution in [0.2, 0.25) is 0 Å². The van der Waals surface area contributed by atoms with Crippen LogP contribution in [0.15, 0.2) is 120 Å². The van der Waals surface area contributed by atoms with E-state index in [1.54, 1.807) is 32.0 Å². The lowest BCUT2D eigenvalue weighted by Gasteiger charge is -2.23. The Labute approximate surface area is 675 Å². The summed E-state index contributed by atoms with van der Waals surface area (Å²) in [6.45, 7) is 5.43. The first-order valence-corrected chi connectivity index (χ1v) is 43.7. The van der Waals surface area contributed by atoms with Gasteiger partial charge in [0.1, 0.15) is 102 Å². The Bertz CT molecular complexity index is 4310. The quantitative estimate of drug-likeness (QED) is 0.0280. The largest absolute Gasteiger partial charge is 0.748 e. The average Bonchev–Trinajstić information content (AvgIpc) is 0.851. The molecule has 0 aliphatic carbocycles. The van der Waals surface area contributed by atoms with Crippen LogP contribution in [0.5, 0.6) is 28.7 Å². The fourth-order valence-corrected chi connectivity index (χ4v) is 16.5. The lowest BCUT2D eigenvalue weighted by molar-refractivity contribution is -0.132. The van der Waals surface area contributed by atoms with Gasteiger partial charge in [-0.25, -0.2) is 46.9 Å². The smallest absolute Gasteiger partial charge is 0.412 e. The summed E-state index contributed by atoms with van der Waals surface area (Å²) < 4.78 is 194. The normalized spacial score (nSPS) is 11.5. The molecule has 0 fully saturated rings. The number of hydrogen-bond donors (Lipinski definition) is 1. The molecule has 0 unspecified atom stereocenters. The molecule has 0 aliphatic rings. The summed E-state index contributed by atoms with van der Waals surface area (Å²) in [5, 5.41) is 2.51. The molecule has 5 aromatic rings. The highest BCUT2D eigenvalue weighted by Crippen LogP contribution is 2.49. The Kier molecular flexibility index (Phi) is 40.0. The van der Waals surface area contributed by atoms with Gasteiger partial charge in [0.15, 0.2) is 11.5 Å². The van der Waals surface area contributed by atoms with Crippen molar-refractivity contribution in [1.29, 1.82) is 0 Å². The number of rotatable bonds is 18. The van der Waals surface area contributed by atoms with Crippen molar-refractivity contribution in [1.82, 2.24) is 0 Å². The van der Waals surface area contributed by atoms with Crippen molar-refractivity contribution < 1.29 is 122 Å². The molecule has 1 amide bonds. The van der Waals surface area contributed by atoms with Crippen molar-refractivity contribution >= 4 is 347 Å². The zero-order valence-electron chi connectivity index (χ0n) is 46.0. The van der Waals surface area contributed by atoms with Crippen molar-refractivity contribution in [3.63, 3.8) is 0 Å². The number of anilines is 1. The van der Waals surface area contributed by atoms with Crippen LogP contribution in [-0.4, -0.2) is 135 Å². The Morgan fingerprint density at radius 2 is 0.684 bits per heavy atom. The lowest BCUT2D eigenvalue weighted by atomic mass is 10.1. The van der Waals surface area contributed by atoms with E-state index in [4.69, 9.17) is 28.4 Å². The molecule has 49 heteroatoms. The summed E-state index contributed by atoms with van der Waals surface area (Å²) in [5.41, 5.74) is -0.240. The maximum absolute atomic E-state index is 11.8. The molecule has 28 nitrogen and oxygen atoms in total. The van der Waals surface area contributed by atoms with Crippen LogP contribution in [0.1, 0.15) is 27.2 Å². The van der Waals surface area contributed by atoms with Crippen LogP contribution < -0.4 is 29.0 Å². The minimum Gasteiger partial charge on any atom is -0.748 e. The molecule has 1 N–H and O–H groups in total. The zero-order chi connectivity index (χ0) is 74.0. The van der Waals surface area contributed by atoms with Gasteiger partial charge in [-0.15, -0.1) is 0 Å². The third kappa shape index (κ3) is 37.3. The molecule has 0 radical (unpaired) electrons. The number of carbonyl (C=O) groups excluding carboxylic acids is 6. The van der Waals surface area contributed by atoms with Crippen molar-refractivity contribution in [3.8, 4) is 28.7 Å². The van der Waals surface area contributed by atoms with Crippen molar-refractivity contribution in [2.45, 2.75) is 32.8 Å². The van der Waals surface area contributed by atoms with Gasteiger partial charge in [0, 0.05) is 32.5 Å². The van der Waals surface area contributed by atoms with Gasteiger partial charge in [-0.2, -0.15) is 0 Å². The van der Waals surface area contributed by atoms with Crippen LogP contribution in [0.25, 0.3) is 0 Å². The lowest BCUT2D eigenvalue weighted by Crippen LogP contribution is -2.29. The summed E-state index contributed by atoms with van der Waals surface area (Å²) in [6.07, 6.45) is -0.00214. The second-order valence-electron chi connectivity index (χ2n) is 17.2. The Balaban J connectivity index is 0.000000597. The standard InChI is InChI=1S/C14H18BrNO7S.C8H3Br5O5S.C8H4Br4O5S.2C8H5Br3O5S/c1-4-14(2,3)23-13(18)16-9-5-6-11(10(15)7-9)22-12(17)8-24(19,20)21;9-3-4(10)6(12)8(7(13)5(3)11)18-2(14)1-19(15,16)17;9-3-1-4(7(11)8(12)6(3)10)17-5(13)2-18(14,15)16;9-4-1-5(10)8(11)6(2-4)16-7(12)3-17(13,14)15;9-4-1-5(10)8(6(11)2-4)16-7(12)3-17(13,14)15/h5-7H,4,8H2,1-3H3,(H,16,18)(H,19,20,21);1H2,(H,15,16,17);1H,2H2,(H,14,15,16);2*1-2H,3H2,(H,13,14,15)/p-5. The minimum atomic E-state index is -4.71. The Morgan fingerprint density at radius 3 is 1.06 bits per heavy atom. The fourth-order valence-electron chi connectivity index (χ4n) is 5.13. The first-order chi connectivity index (χ1) is 42.9. The first-order valence-electron chi connectivity index (χ1n) is 23.1. The summed E-state index contributed by atoms with van der Waals surface area (Å²) in [4.78, 5) is 68.0. The van der Waals surface area contributed by atoms with Gasteiger partial charge in [0.05, 0.1) is 44.7 Å². The van der Waals surface area contributed by atoms with E-state index < -0.39 is 121 Å². The zero-order valence-corrected chi connectivity index (χ0v) is 75.4. The van der Waals surface area contributed by atoms with E-state index in [0.29, 0.717) is 74.7 Å². The van der Waals surface area contributed by atoms with Crippen LogP contribution in [0, 0.1) is 0 Å². The number of hydrogen-bond acceptors (Lipinski definition) is 27. The van der Waals surface area contributed by atoms with E-state index in [2.05, 4.69) is 260 Å². The number of nitrogens with one attached hydrogen (secondary N) is 1. The maximum atomic E-state index is 11.8. The third-order valence-electron chi connectivity index (χ3n) is 9.14. The van der Waals surface area contributed by atoms with Gasteiger partial charge >= 0.3 is 35.9 Å². The van der Waals surface area contributed by atoms with Crippen LogP contribution in [0.3, 0.4) is 0 Å². The Hall–Kier alpha value is -0.0500. The predicted molar refractivity (Wildman–Crippen MR) is 391 cm³/mol. The molecule has 0 atom stereocenters. The van der Waals surface area contributed by atoms with Gasteiger partial charge in [0.2, 0.25) is 0 Å². The molecule has 528 valence electrons. The van der Waals surface area contributed by atoms with Gasteiger partial charge in [-0.1, -0.05) is 38.8 Å². The van der Waals surface area contributed by atoms with E-state index in [-0.39, 0.29) is 33.2 Å². The molecule has 5 aromatic carbocycles. The monoisotopic (exact) mass is 2450 g/mol. The maximum Gasteiger partial charge on any atom is 0.412 e. The van der Waals surface area contributed by atoms with Gasteiger partial charge in [-0.05, 0) is 292 Å². The molecule has 0 spiro atoms. The molecule has 5 rings (SSSR count). The number of amides is 1. The summed E-state index contributed by atoms with van der Waals surface area (Å²) >= 11 is 51.2. The molecule has 0 saturated heterocycles. The molecule has 0 heterocycles. The van der Waals surface area contributed by atoms with Crippen molar-refractivity contribution in [2.75, 3.05) is 34.1 Å². The van der Waals surface area contributed by atoms with Crippen molar-refractivity contribution in [2.24, 2.45) is 0 Å². The number of halogens is 16. The number of esters is 5. The van der Waals surface area contributed by atoms with E-state index in [1.165, 1.54) is 30.3 Å². The first kappa shape index (κ1) is 93.0. The highest BCUT2D eigenvalue weighted by molar-refractivity contribution is 9.16. The van der Waals surface area contributed by atoms with E-state index in [1.807, 2.05) is 6.92 Å². The number of carbonyl (C=O) groups is 6. The molecule has 0 bridgehead atoms. The second-order valence-corrected chi connectivity index (χ2v) is 37.5. The van der Waals surface area contributed by atoms with Gasteiger partial charge in [-0.3, -0.25) is 29.3 Å². The second kappa shape index (κ2) is 40.9. The fraction of sp³-hybridized carbons (Fsp3) is 0.217. The van der Waals surface area contributed by atoms with E-state index >= 15 is 0 Å².